The molecule has 0 bridgehead atoms. The maximum atomic E-state index is 13.5. The van der Waals surface area contributed by atoms with Crippen LogP contribution in [0.5, 0.6) is 11.5 Å². The van der Waals surface area contributed by atoms with Crippen molar-refractivity contribution in [1.82, 2.24) is 0 Å². The summed E-state index contributed by atoms with van der Waals surface area (Å²) in [5.41, 5.74) is 3.76. The van der Waals surface area contributed by atoms with Crippen LogP contribution in [-0.4, -0.2) is 19.2 Å². The number of benzene rings is 2. The average molecular weight is 421 g/mol. The lowest BCUT2D eigenvalue weighted by atomic mass is 10.1. The van der Waals surface area contributed by atoms with Gasteiger partial charge in [0.05, 0.1) is 14.2 Å². The standard InChI is InChI=1S/C24H24N2O3S/c1-16-7-10-19(11-8-16)25-24(30)22(26-13-5-6-17(2)15-26)23(27)18-9-12-20(28-3)21(14-18)29-4/h5-15H,1-4H3,(H-,25,27,30). The maximum Gasteiger partial charge on any atom is 0.238 e. The fourth-order valence-corrected chi connectivity index (χ4v) is 3.33. The van der Waals surface area contributed by atoms with Crippen molar-refractivity contribution in [2.75, 3.05) is 19.5 Å². The first-order valence-electron chi connectivity index (χ1n) is 9.43. The summed E-state index contributed by atoms with van der Waals surface area (Å²) < 4.78 is 12.4. The van der Waals surface area contributed by atoms with E-state index in [-0.39, 0.29) is 5.76 Å². The molecule has 1 N–H and O–H groups in total. The molecular weight excluding hydrogens is 396 g/mol. The summed E-state index contributed by atoms with van der Waals surface area (Å²) in [6, 6.07) is 16.8. The molecule has 0 aliphatic heterocycles. The van der Waals surface area contributed by atoms with Gasteiger partial charge >= 0.3 is 0 Å². The molecular formula is C24H24N2O3S. The van der Waals surface area contributed by atoms with E-state index < -0.39 is 0 Å². The van der Waals surface area contributed by atoms with Crippen LogP contribution < -0.4 is 24.5 Å². The molecule has 154 valence electrons. The van der Waals surface area contributed by atoms with E-state index in [1.807, 2.05) is 62.6 Å². The second-order valence-electron chi connectivity index (χ2n) is 6.86. The van der Waals surface area contributed by atoms with Crippen LogP contribution in [0.4, 0.5) is 5.69 Å². The summed E-state index contributed by atoms with van der Waals surface area (Å²) in [5.74, 6) is 0.810. The molecule has 0 saturated heterocycles. The van der Waals surface area contributed by atoms with Crippen LogP contribution in [0.15, 0.2) is 67.0 Å². The lowest BCUT2D eigenvalue weighted by Crippen LogP contribution is -2.40. The molecule has 5 nitrogen and oxygen atoms in total. The Morgan fingerprint density at radius 1 is 0.933 bits per heavy atom. The van der Waals surface area contributed by atoms with Gasteiger partial charge in [0.25, 0.3) is 0 Å². The Kier molecular flexibility index (Phi) is 6.69. The summed E-state index contributed by atoms with van der Waals surface area (Å²) in [7, 11) is 3.09. The third kappa shape index (κ3) is 4.78. The zero-order chi connectivity index (χ0) is 21.7. The van der Waals surface area contributed by atoms with Gasteiger partial charge in [0.15, 0.2) is 28.9 Å². The van der Waals surface area contributed by atoms with E-state index in [9.17, 15) is 5.11 Å². The van der Waals surface area contributed by atoms with E-state index >= 15 is 0 Å². The van der Waals surface area contributed by atoms with Crippen molar-refractivity contribution in [2.45, 2.75) is 13.8 Å². The number of hydrogen-bond acceptors (Lipinski definition) is 4. The summed E-state index contributed by atoms with van der Waals surface area (Å²) >= 11 is 5.66. The second-order valence-corrected chi connectivity index (χ2v) is 7.26. The molecule has 0 spiro atoms. The second kappa shape index (κ2) is 9.41. The Balaban J connectivity index is 2.10. The Morgan fingerprint density at radius 2 is 1.63 bits per heavy atom. The number of aryl methyl sites for hydroxylation is 2. The van der Waals surface area contributed by atoms with E-state index in [1.165, 1.54) is 7.11 Å². The molecule has 0 aliphatic carbocycles. The van der Waals surface area contributed by atoms with Crippen LogP contribution in [0, 0.1) is 13.8 Å². The number of nitrogens with one attached hydrogen (secondary N) is 1. The van der Waals surface area contributed by atoms with Gasteiger partial charge in [-0.3, -0.25) is 0 Å². The molecule has 0 atom stereocenters. The largest absolute Gasteiger partial charge is 0.867 e. The molecule has 1 aromatic heterocycles. The number of ether oxygens (including phenoxy) is 2. The van der Waals surface area contributed by atoms with E-state index in [0.717, 1.165) is 16.8 Å². The van der Waals surface area contributed by atoms with Crippen molar-refractivity contribution in [3.05, 3.63) is 83.7 Å². The Hall–Kier alpha value is -3.38. The SMILES string of the molecule is COc1ccc(/C([O-])=C(/C(=S)Nc2ccc(C)cc2)[n+]2cccc(C)c2)cc1OC. The van der Waals surface area contributed by atoms with Gasteiger partial charge in [0.2, 0.25) is 5.70 Å². The Bertz CT molecular complexity index is 1090. The summed E-state index contributed by atoms with van der Waals surface area (Å²) in [5, 5.41) is 16.7. The predicted molar refractivity (Wildman–Crippen MR) is 121 cm³/mol. The molecule has 0 aliphatic rings. The number of pyridine rings is 1. The highest BCUT2D eigenvalue weighted by atomic mass is 32.1. The first kappa shape index (κ1) is 21.3. The van der Waals surface area contributed by atoms with Gasteiger partial charge < -0.3 is 19.9 Å². The van der Waals surface area contributed by atoms with E-state index in [1.54, 1.807) is 29.9 Å². The highest BCUT2D eigenvalue weighted by Crippen LogP contribution is 2.30. The number of nitrogens with zero attached hydrogens (tertiary/aromatic N) is 1. The van der Waals surface area contributed by atoms with Crippen molar-refractivity contribution in [2.24, 2.45) is 0 Å². The van der Waals surface area contributed by atoms with Crippen LogP contribution in [0.2, 0.25) is 0 Å². The van der Waals surface area contributed by atoms with Gasteiger partial charge in [0, 0.05) is 17.3 Å². The van der Waals surface area contributed by atoms with Crippen LogP contribution in [0.1, 0.15) is 16.7 Å². The van der Waals surface area contributed by atoms with Crippen molar-refractivity contribution in [1.29, 1.82) is 0 Å². The first-order valence-corrected chi connectivity index (χ1v) is 9.83. The molecule has 1 heterocycles. The first-order chi connectivity index (χ1) is 14.4. The Morgan fingerprint density at radius 3 is 2.27 bits per heavy atom. The molecule has 6 heteroatoms. The van der Waals surface area contributed by atoms with Gasteiger partial charge in [-0.2, -0.15) is 4.57 Å². The molecule has 30 heavy (non-hydrogen) atoms. The maximum absolute atomic E-state index is 13.5. The van der Waals surface area contributed by atoms with Gasteiger partial charge in [-0.05, 0) is 55.5 Å². The highest BCUT2D eigenvalue weighted by Gasteiger charge is 2.20. The summed E-state index contributed by atoms with van der Waals surface area (Å²) in [6.45, 7) is 3.98. The van der Waals surface area contributed by atoms with Crippen molar-refractivity contribution >= 4 is 34.3 Å². The fraction of sp³-hybridized carbons (Fsp3) is 0.167. The lowest BCUT2D eigenvalue weighted by Gasteiger charge is -2.18. The predicted octanol–water partition coefficient (Wildman–Crippen LogP) is 3.73. The topological polar surface area (TPSA) is 57.4 Å². The molecule has 0 radical (unpaired) electrons. The van der Waals surface area contributed by atoms with Gasteiger partial charge in [-0.25, -0.2) is 0 Å². The summed E-state index contributed by atoms with van der Waals surface area (Å²) in [6.07, 6.45) is 3.68. The highest BCUT2D eigenvalue weighted by molar-refractivity contribution is 7.81. The van der Waals surface area contributed by atoms with E-state index in [0.29, 0.717) is 27.7 Å². The number of hydrogen-bond donors (Lipinski definition) is 1. The molecule has 0 unspecified atom stereocenters. The zero-order valence-electron chi connectivity index (χ0n) is 17.4. The minimum absolute atomic E-state index is 0.226. The molecule has 0 saturated carbocycles. The number of rotatable bonds is 6. The van der Waals surface area contributed by atoms with Gasteiger partial charge in [-0.15, -0.1) is 0 Å². The minimum Gasteiger partial charge on any atom is -0.867 e. The quantitative estimate of drug-likeness (QED) is 0.285. The normalized spacial score (nSPS) is 11.5. The van der Waals surface area contributed by atoms with Crippen LogP contribution >= 0.6 is 12.2 Å². The van der Waals surface area contributed by atoms with Gasteiger partial charge in [0.1, 0.15) is 0 Å². The molecule has 0 amide bonds. The van der Waals surface area contributed by atoms with Crippen LogP contribution in [0.25, 0.3) is 11.5 Å². The third-order valence-electron chi connectivity index (χ3n) is 4.59. The smallest absolute Gasteiger partial charge is 0.238 e. The number of anilines is 1. The van der Waals surface area contributed by atoms with Crippen LogP contribution in [0.3, 0.4) is 0 Å². The van der Waals surface area contributed by atoms with Crippen molar-refractivity contribution < 1.29 is 19.1 Å². The van der Waals surface area contributed by atoms with Crippen molar-refractivity contribution in [3.8, 4) is 11.5 Å². The number of aromatic nitrogens is 1. The van der Waals surface area contributed by atoms with Crippen LogP contribution in [-0.2, 0) is 0 Å². The molecule has 2 aromatic carbocycles. The molecule has 3 aromatic rings. The number of methoxy groups -OCH3 is 2. The molecule has 0 fully saturated rings. The van der Waals surface area contributed by atoms with E-state index in [2.05, 4.69) is 5.32 Å². The average Bonchev–Trinajstić information content (AvgIpc) is 2.75. The minimum atomic E-state index is -0.226. The zero-order valence-corrected chi connectivity index (χ0v) is 18.2. The van der Waals surface area contributed by atoms with E-state index in [4.69, 9.17) is 21.7 Å². The number of thiocarbonyl (C=S) groups is 1. The van der Waals surface area contributed by atoms with Crippen molar-refractivity contribution in [3.63, 3.8) is 0 Å². The molecule has 3 rings (SSSR count). The monoisotopic (exact) mass is 420 g/mol. The Labute approximate surface area is 182 Å². The van der Waals surface area contributed by atoms with Gasteiger partial charge in [-0.1, -0.05) is 36.0 Å². The fourth-order valence-electron chi connectivity index (χ4n) is 3.01. The summed E-state index contributed by atoms with van der Waals surface area (Å²) in [4.78, 5) is 0.328. The third-order valence-corrected chi connectivity index (χ3v) is 4.89. The lowest BCUT2D eigenvalue weighted by molar-refractivity contribution is -0.578.